The summed E-state index contributed by atoms with van der Waals surface area (Å²) in [5, 5.41) is 5.88. The number of rotatable bonds is 10. The molecule has 2 aliphatic carbocycles. The molecule has 5 rings (SSSR count). The smallest absolute Gasteiger partial charge is 0.319 e. The Hall–Kier alpha value is -3.04. The number of urea groups is 1. The van der Waals surface area contributed by atoms with E-state index in [4.69, 9.17) is 9.47 Å². The fraction of sp³-hybridized carbons (Fsp3) is 0.516. The van der Waals surface area contributed by atoms with Crippen molar-refractivity contribution in [3.05, 3.63) is 70.9 Å². The van der Waals surface area contributed by atoms with E-state index in [9.17, 15) is 13.2 Å². The second-order valence-electron chi connectivity index (χ2n) is 11.0. The lowest BCUT2D eigenvalue weighted by molar-refractivity contribution is -0.000621. The zero-order valence-corrected chi connectivity index (χ0v) is 24.2. The van der Waals surface area contributed by atoms with Crippen LogP contribution in [0.2, 0.25) is 0 Å². The Morgan fingerprint density at radius 3 is 2.38 bits per heavy atom. The van der Waals surface area contributed by atoms with Gasteiger partial charge < -0.3 is 25.0 Å². The Bertz CT molecular complexity index is 1280. The van der Waals surface area contributed by atoms with Gasteiger partial charge in [0.15, 0.2) is 9.84 Å². The van der Waals surface area contributed by atoms with Crippen LogP contribution in [0, 0.1) is 0 Å². The molecule has 216 valence electrons. The molecular weight excluding hydrogens is 526 g/mol. The molecule has 4 aliphatic rings. The zero-order chi connectivity index (χ0) is 28.1. The molecule has 2 heterocycles. The highest BCUT2D eigenvalue weighted by Gasteiger charge is 2.39. The van der Waals surface area contributed by atoms with Crippen molar-refractivity contribution in [2.45, 2.75) is 76.5 Å². The van der Waals surface area contributed by atoms with E-state index in [2.05, 4.69) is 22.1 Å². The number of allylic oxidation sites excluding steroid dienone is 3. The van der Waals surface area contributed by atoms with Gasteiger partial charge >= 0.3 is 6.03 Å². The maximum Gasteiger partial charge on any atom is 0.319 e. The Labute approximate surface area is 238 Å². The Morgan fingerprint density at radius 1 is 1.10 bits per heavy atom. The van der Waals surface area contributed by atoms with E-state index in [1.54, 1.807) is 13.0 Å². The number of anilines is 1. The first-order valence-corrected chi connectivity index (χ1v) is 16.2. The maximum atomic E-state index is 13.6. The number of benzene rings is 1. The van der Waals surface area contributed by atoms with E-state index < -0.39 is 9.84 Å². The van der Waals surface area contributed by atoms with Crippen LogP contribution in [0.3, 0.4) is 0 Å². The van der Waals surface area contributed by atoms with Crippen molar-refractivity contribution < 1.29 is 22.7 Å². The summed E-state index contributed by atoms with van der Waals surface area (Å²) in [7, 11) is -3.54. The molecule has 2 N–H and O–H groups in total. The fourth-order valence-electron chi connectivity index (χ4n) is 5.48. The number of hydrogen-bond donors (Lipinski definition) is 2. The molecule has 0 radical (unpaired) electrons. The second-order valence-corrected chi connectivity index (χ2v) is 13.2. The Balaban J connectivity index is 1.45. The lowest BCUT2D eigenvalue weighted by Gasteiger charge is -2.38. The number of sulfone groups is 1. The van der Waals surface area contributed by atoms with E-state index in [0.29, 0.717) is 42.2 Å². The monoisotopic (exact) mass is 567 g/mol. The predicted molar refractivity (Wildman–Crippen MR) is 158 cm³/mol. The summed E-state index contributed by atoms with van der Waals surface area (Å²) in [5.74, 6) is 0.645. The topological polar surface area (TPSA) is 97.0 Å². The number of amides is 2. The van der Waals surface area contributed by atoms with Crippen LogP contribution >= 0.6 is 0 Å². The van der Waals surface area contributed by atoms with Crippen molar-refractivity contribution in [2.75, 3.05) is 30.8 Å². The van der Waals surface area contributed by atoms with Crippen LogP contribution in [-0.2, 0) is 19.3 Å². The van der Waals surface area contributed by atoms with Crippen LogP contribution in [0.25, 0.3) is 5.70 Å². The van der Waals surface area contributed by atoms with Crippen LogP contribution in [0.4, 0.5) is 10.5 Å². The molecule has 9 heteroatoms. The molecule has 2 amide bonds. The van der Waals surface area contributed by atoms with Gasteiger partial charge in [0.2, 0.25) is 0 Å². The van der Waals surface area contributed by atoms with Crippen LogP contribution in [0.15, 0.2) is 65.3 Å². The van der Waals surface area contributed by atoms with Crippen LogP contribution < -0.4 is 10.6 Å². The van der Waals surface area contributed by atoms with Crippen molar-refractivity contribution in [1.82, 2.24) is 10.2 Å². The minimum Gasteiger partial charge on any atom is -0.490 e. The van der Waals surface area contributed by atoms with Gasteiger partial charge in [-0.15, -0.1) is 0 Å². The minimum absolute atomic E-state index is 0.0132. The molecule has 1 aromatic rings. The fourth-order valence-corrected chi connectivity index (χ4v) is 6.84. The van der Waals surface area contributed by atoms with E-state index in [1.165, 1.54) is 0 Å². The van der Waals surface area contributed by atoms with Gasteiger partial charge in [0, 0.05) is 37.2 Å². The van der Waals surface area contributed by atoms with Crippen molar-refractivity contribution in [2.24, 2.45) is 0 Å². The van der Waals surface area contributed by atoms with E-state index >= 15 is 0 Å². The number of hydrogen-bond acceptors (Lipinski definition) is 6. The number of carbonyl (C=O) groups is 1. The van der Waals surface area contributed by atoms with Crippen LogP contribution in [-0.4, -0.2) is 63.0 Å². The number of nitrogens with one attached hydrogen (secondary N) is 2. The average molecular weight is 568 g/mol. The van der Waals surface area contributed by atoms with Gasteiger partial charge in [0.1, 0.15) is 11.9 Å². The molecule has 0 atom stereocenters. The highest BCUT2D eigenvalue weighted by atomic mass is 32.2. The summed E-state index contributed by atoms with van der Waals surface area (Å²) in [4.78, 5) is 15.0. The van der Waals surface area contributed by atoms with Crippen LogP contribution in [0.1, 0.15) is 63.9 Å². The van der Waals surface area contributed by atoms with Crippen molar-refractivity contribution in [3.63, 3.8) is 0 Å². The highest BCUT2D eigenvalue weighted by Crippen LogP contribution is 2.43. The summed E-state index contributed by atoms with van der Waals surface area (Å²) in [6.45, 7) is 7.48. The molecule has 0 aromatic heterocycles. The lowest BCUT2D eigenvalue weighted by Crippen LogP contribution is -2.41. The summed E-state index contributed by atoms with van der Waals surface area (Å²) >= 11 is 0. The second kappa shape index (κ2) is 12.6. The SMILES string of the molecule is C=C/C(=C\C=C1/CN(C2CCC2)C(c2ccc(NC(=O)NC3CCC3)cc2)=C1S(=O)(=O)CC)OC1CCOCC1. The summed E-state index contributed by atoms with van der Waals surface area (Å²) < 4.78 is 38.7. The molecule has 0 spiro atoms. The quantitative estimate of drug-likeness (QED) is 0.285. The first-order valence-electron chi connectivity index (χ1n) is 14.6. The molecule has 0 bridgehead atoms. The first-order chi connectivity index (χ1) is 19.4. The van der Waals surface area contributed by atoms with Crippen molar-refractivity contribution in [3.8, 4) is 0 Å². The van der Waals surface area contributed by atoms with Gasteiger partial charge in [-0.1, -0.05) is 31.7 Å². The first kappa shape index (κ1) is 28.5. The zero-order valence-electron chi connectivity index (χ0n) is 23.4. The van der Waals surface area contributed by atoms with Gasteiger partial charge in [-0.25, -0.2) is 13.2 Å². The number of carbonyl (C=O) groups excluding carboxylic acids is 1. The molecule has 1 saturated heterocycles. The Morgan fingerprint density at radius 2 is 1.80 bits per heavy atom. The molecular formula is C31H41N3O5S. The molecule has 40 heavy (non-hydrogen) atoms. The normalized spacial score (nSPS) is 22.2. The third-order valence-electron chi connectivity index (χ3n) is 8.32. The molecule has 8 nitrogen and oxygen atoms in total. The summed E-state index contributed by atoms with van der Waals surface area (Å²) in [6, 6.07) is 7.86. The van der Waals surface area contributed by atoms with E-state index in [-0.39, 0.29) is 23.9 Å². The third kappa shape index (κ3) is 6.47. The molecule has 0 unspecified atom stereocenters. The predicted octanol–water partition coefficient (Wildman–Crippen LogP) is 5.52. The number of nitrogens with zero attached hydrogens (tertiary/aromatic N) is 1. The Kier molecular flexibility index (Phi) is 9.00. The molecule has 3 fully saturated rings. The van der Waals surface area contributed by atoms with Gasteiger partial charge in [0.25, 0.3) is 0 Å². The minimum atomic E-state index is -3.54. The van der Waals surface area contributed by atoms with Gasteiger partial charge in [-0.05, 0) is 73.9 Å². The summed E-state index contributed by atoms with van der Waals surface area (Å²) in [6.07, 6.45) is 13.5. The molecule has 2 saturated carbocycles. The maximum absolute atomic E-state index is 13.6. The summed E-state index contributed by atoms with van der Waals surface area (Å²) in [5.41, 5.74) is 3.02. The third-order valence-corrected chi connectivity index (χ3v) is 10.2. The van der Waals surface area contributed by atoms with Crippen molar-refractivity contribution in [1.29, 1.82) is 0 Å². The number of ether oxygens (including phenoxy) is 2. The highest BCUT2D eigenvalue weighted by molar-refractivity contribution is 7.95. The van der Waals surface area contributed by atoms with Crippen molar-refractivity contribution >= 4 is 27.3 Å². The van der Waals surface area contributed by atoms with Crippen LogP contribution in [0.5, 0.6) is 0 Å². The standard InChI is InChI=1S/C31H41N3O5S/c1-3-27(39-28-17-19-38-20-18-28)16-13-23-21-34(26-9-6-10-26)29(30(23)40(36,37)4-2)22-11-14-25(15-12-22)33-31(35)32-24-7-5-8-24/h3,11-16,24,26,28H,1,4-10,17-21H2,2H3,(H2,32,33,35)/b23-13+,27-16+. The average Bonchev–Trinajstić information content (AvgIpc) is 3.28. The van der Waals surface area contributed by atoms with E-state index in [1.807, 2.05) is 36.4 Å². The van der Waals surface area contributed by atoms with E-state index in [0.717, 1.165) is 68.2 Å². The molecule has 2 aliphatic heterocycles. The lowest BCUT2D eigenvalue weighted by atomic mass is 9.91. The largest absolute Gasteiger partial charge is 0.490 e. The van der Waals surface area contributed by atoms with Gasteiger partial charge in [0.05, 0.1) is 29.6 Å². The van der Waals surface area contributed by atoms with Gasteiger partial charge in [-0.3, -0.25) is 0 Å². The van der Waals surface area contributed by atoms with Gasteiger partial charge in [-0.2, -0.15) is 0 Å². The molecule has 1 aromatic carbocycles.